The zero-order valence-corrected chi connectivity index (χ0v) is 11.6. The Hall–Kier alpha value is -1.89. The fourth-order valence-corrected chi connectivity index (χ4v) is 2.52. The number of carbonyl (C=O) groups is 1. The molecule has 0 spiro atoms. The molecule has 1 saturated heterocycles. The third kappa shape index (κ3) is 3.36. The van der Waals surface area contributed by atoms with E-state index in [0.717, 1.165) is 25.9 Å². The first kappa shape index (κ1) is 14.5. The minimum atomic E-state index is -0.528. The van der Waals surface area contributed by atoms with Gasteiger partial charge in [0.2, 0.25) is 0 Å². The van der Waals surface area contributed by atoms with Crippen LogP contribution in [0.5, 0.6) is 0 Å². The van der Waals surface area contributed by atoms with Crippen LogP contribution in [0.3, 0.4) is 0 Å². The van der Waals surface area contributed by atoms with Crippen molar-refractivity contribution in [2.75, 3.05) is 26.2 Å². The van der Waals surface area contributed by atoms with E-state index in [1.807, 2.05) is 6.92 Å². The summed E-state index contributed by atoms with van der Waals surface area (Å²) in [4.78, 5) is 26.8. The Labute approximate surface area is 117 Å². The summed E-state index contributed by atoms with van der Waals surface area (Å²) in [5, 5.41) is 13.9. The van der Waals surface area contributed by atoms with Gasteiger partial charge in [-0.3, -0.25) is 4.79 Å². The predicted molar refractivity (Wildman–Crippen MR) is 74.6 cm³/mol. The van der Waals surface area contributed by atoms with Gasteiger partial charge in [0, 0.05) is 19.2 Å². The summed E-state index contributed by atoms with van der Waals surface area (Å²) in [5.74, 6) is 0.190. The molecule has 2 heterocycles. The van der Waals surface area contributed by atoms with Crippen molar-refractivity contribution >= 4 is 11.7 Å². The molecule has 2 rings (SSSR count). The highest BCUT2D eigenvalue weighted by atomic mass is 16.6. The minimum Gasteiger partial charge on any atom is -0.358 e. The van der Waals surface area contributed by atoms with Gasteiger partial charge in [-0.05, 0) is 49.8 Å². The molecule has 0 bridgehead atoms. The van der Waals surface area contributed by atoms with Gasteiger partial charge < -0.3 is 20.3 Å². The summed E-state index contributed by atoms with van der Waals surface area (Å²) in [6.45, 7) is 5.23. The van der Waals surface area contributed by atoms with Crippen molar-refractivity contribution < 1.29 is 9.72 Å². The van der Waals surface area contributed by atoms with Crippen molar-refractivity contribution in [2.24, 2.45) is 5.92 Å². The highest BCUT2D eigenvalue weighted by Crippen LogP contribution is 2.16. The molecule has 1 amide bonds. The fourth-order valence-electron chi connectivity index (χ4n) is 2.52. The zero-order valence-electron chi connectivity index (χ0n) is 11.6. The molecule has 0 aliphatic carbocycles. The molecule has 20 heavy (non-hydrogen) atoms. The van der Waals surface area contributed by atoms with Crippen LogP contribution in [0.25, 0.3) is 0 Å². The minimum absolute atomic E-state index is 0.147. The first-order valence-electron chi connectivity index (χ1n) is 6.95. The summed E-state index contributed by atoms with van der Waals surface area (Å²) >= 11 is 0. The van der Waals surface area contributed by atoms with E-state index >= 15 is 0 Å². The Morgan fingerprint density at radius 1 is 1.45 bits per heavy atom. The third-order valence-electron chi connectivity index (χ3n) is 3.70. The lowest BCUT2D eigenvalue weighted by molar-refractivity contribution is -0.389. The van der Waals surface area contributed by atoms with E-state index in [1.54, 1.807) is 4.90 Å². The fraction of sp³-hybridized carbons (Fsp3) is 0.615. The molecular weight excluding hydrogens is 260 g/mol. The summed E-state index contributed by atoms with van der Waals surface area (Å²) in [6.07, 6.45) is 2.13. The van der Waals surface area contributed by atoms with Crippen LogP contribution in [0, 0.1) is 16.0 Å². The molecule has 1 aromatic heterocycles. The monoisotopic (exact) mass is 280 g/mol. The topological polar surface area (TPSA) is 91.3 Å². The Kier molecular flexibility index (Phi) is 4.73. The van der Waals surface area contributed by atoms with Crippen LogP contribution in [0.1, 0.15) is 30.3 Å². The number of H-pyrrole nitrogens is 1. The van der Waals surface area contributed by atoms with E-state index < -0.39 is 4.92 Å². The van der Waals surface area contributed by atoms with Crippen molar-refractivity contribution in [3.8, 4) is 0 Å². The normalized spacial score (nSPS) is 16.1. The molecule has 0 atom stereocenters. The van der Waals surface area contributed by atoms with Gasteiger partial charge in [0.05, 0.1) is 0 Å². The lowest BCUT2D eigenvalue weighted by atomic mass is 9.97. The summed E-state index contributed by atoms with van der Waals surface area (Å²) in [5.41, 5.74) is 0.285. The smallest absolute Gasteiger partial charge is 0.321 e. The van der Waals surface area contributed by atoms with E-state index in [9.17, 15) is 14.9 Å². The van der Waals surface area contributed by atoms with Gasteiger partial charge in [-0.15, -0.1) is 0 Å². The number of nitrogens with zero attached hydrogens (tertiary/aromatic N) is 2. The third-order valence-corrected chi connectivity index (χ3v) is 3.70. The van der Waals surface area contributed by atoms with Crippen molar-refractivity contribution in [2.45, 2.75) is 19.8 Å². The van der Waals surface area contributed by atoms with Crippen LogP contribution in [0.4, 0.5) is 5.82 Å². The van der Waals surface area contributed by atoms with E-state index in [1.165, 1.54) is 12.1 Å². The Morgan fingerprint density at radius 3 is 2.70 bits per heavy atom. The number of hydrogen-bond acceptors (Lipinski definition) is 4. The van der Waals surface area contributed by atoms with E-state index in [2.05, 4.69) is 10.3 Å². The van der Waals surface area contributed by atoms with Crippen LogP contribution in [-0.2, 0) is 0 Å². The van der Waals surface area contributed by atoms with Gasteiger partial charge in [0.1, 0.15) is 0 Å². The number of nitro groups is 1. The predicted octanol–water partition coefficient (Wildman–Crippen LogP) is 1.38. The standard InChI is InChI=1S/C13H20N4O3/c1-2-16(9-10-5-7-14-8-6-10)13(18)11-3-4-12(15-11)17(19)20/h3-4,10,14-15H,2,5-9H2,1H3. The van der Waals surface area contributed by atoms with Gasteiger partial charge in [0.15, 0.2) is 5.69 Å². The maximum atomic E-state index is 12.3. The molecular formula is C13H20N4O3. The van der Waals surface area contributed by atoms with Gasteiger partial charge in [0.25, 0.3) is 5.91 Å². The van der Waals surface area contributed by atoms with E-state index in [0.29, 0.717) is 19.0 Å². The van der Waals surface area contributed by atoms with Crippen LogP contribution in [0.2, 0.25) is 0 Å². The van der Waals surface area contributed by atoms with Gasteiger partial charge >= 0.3 is 5.82 Å². The summed E-state index contributed by atoms with van der Waals surface area (Å²) in [7, 11) is 0. The van der Waals surface area contributed by atoms with Crippen molar-refractivity contribution in [1.29, 1.82) is 0 Å². The second-order valence-corrected chi connectivity index (χ2v) is 5.05. The molecule has 1 aliphatic heterocycles. The highest BCUT2D eigenvalue weighted by molar-refractivity contribution is 5.92. The molecule has 0 saturated carbocycles. The van der Waals surface area contributed by atoms with Crippen molar-refractivity contribution in [3.05, 3.63) is 27.9 Å². The van der Waals surface area contributed by atoms with Gasteiger partial charge in [-0.2, -0.15) is 0 Å². The Bertz CT molecular complexity index is 480. The van der Waals surface area contributed by atoms with Crippen LogP contribution in [0.15, 0.2) is 12.1 Å². The van der Waals surface area contributed by atoms with Crippen LogP contribution in [-0.4, -0.2) is 46.9 Å². The second kappa shape index (κ2) is 6.51. The SMILES string of the molecule is CCN(CC1CCNCC1)C(=O)c1ccc([N+](=O)[O-])[nH]1. The molecule has 0 aromatic carbocycles. The zero-order chi connectivity index (χ0) is 14.5. The molecule has 0 unspecified atom stereocenters. The second-order valence-electron chi connectivity index (χ2n) is 5.05. The van der Waals surface area contributed by atoms with Crippen LogP contribution < -0.4 is 5.32 Å². The number of rotatable bonds is 5. The number of carbonyl (C=O) groups excluding carboxylic acids is 1. The molecule has 0 radical (unpaired) electrons. The molecule has 7 heteroatoms. The molecule has 1 aliphatic rings. The Balaban J connectivity index is 2.01. The van der Waals surface area contributed by atoms with Gasteiger partial charge in [-0.1, -0.05) is 0 Å². The highest BCUT2D eigenvalue weighted by Gasteiger charge is 2.24. The molecule has 1 fully saturated rings. The molecule has 110 valence electrons. The summed E-state index contributed by atoms with van der Waals surface area (Å²) < 4.78 is 0. The summed E-state index contributed by atoms with van der Waals surface area (Å²) in [6, 6.07) is 2.80. The average Bonchev–Trinajstić information content (AvgIpc) is 2.95. The molecule has 7 nitrogen and oxygen atoms in total. The number of nitrogens with one attached hydrogen (secondary N) is 2. The maximum absolute atomic E-state index is 12.3. The molecule has 2 N–H and O–H groups in total. The number of amides is 1. The quantitative estimate of drug-likeness (QED) is 0.629. The van der Waals surface area contributed by atoms with Gasteiger partial charge in [-0.25, -0.2) is 4.98 Å². The average molecular weight is 280 g/mol. The number of aromatic nitrogens is 1. The lowest BCUT2D eigenvalue weighted by Crippen LogP contribution is -2.39. The first-order valence-corrected chi connectivity index (χ1v) is 6.95. The number of aromatic amines is 1. The Morgan fingerprint density at radius 2 is 2.15 bits per heavy atom. The van der Waals surface area contributed by atoms with Crippen LogP contribution >= 0.6 is 0 Å². The maximum Gasteiger partial charge on any atom is 0.321 e. The first-order chi connectivity index (χ1) is 9.61. The van der Waals surface area contributed by atoms with Crippen molar-refractivity contribution in [1.82, 2.24) is 15.2 Å². The largest absolute Gasteiger partial charge is 0.358 e. The lowest BCUT2D eigenvalue weighted by Gasteiger charge is -2.28. The molecule has 1 aromatic rings. The number of hydrogen-bond donors (Lipinski definition) is 2. The van der Waals surface area contributed by atoms with Crippen molar-refractivity contribution in [3.63, 3.8) is 0 Å². The number of piperidine rings is 1. The van der Waals surface area contributed by atoms with E-state index in [-0.39, 0.29) is 17.4 Å². The van der Waals surface area contributed by atoms with E-state index in [4.69, 9.17) is 0 Å².